The van der Waals surface area contributed by atoms with Gasteiger partial charge in [-0.05, 0) is 0 Å². The molecule has 0 heterocycles. The van der Waals surface area contributed by atoms with Crippen molar-refractivity contribution in [3.8, 4) is 0 Å². The number of hydrogen-bond acceptors (Lipinski definition) is 0. The van der Waals surface area contributed by atoms with Crippen molar-refractivity contribution < 1.29 is 24.0 Å². The zero-order chi connectivity index (χ0) is 18.6. The van der Waals surface area contributed by atoms with Gasteiger partial charge in [-0.15, -0.1) is 0 Å². The predicted molar refractivity (Wildman–Crippen MR) is 122 cm³/mol. The van der Waals surface area contributed by atoms with Gasteiger partial charge >= 0.3 is 165 Å². The van der Waals surface area contributed by atoms with Gasteiger partial charge in [-0.25, -0.2) is 0 Å². The third kappa shape index (κ3) is 17.4. The molecule has 0 unspecified atom stereocenters. The third-order valence-corrected chi connectivity index (χ3v) is 16.6. The summed E-state index contributed by atoms with van der Waals surface area (Å²) in [6.07, 6.45) is 23.8. The number of unbranched alkanes of at least 4 members (excludes halogenated alkanes) is 12. The van der Waals surface area contributed by atoms with Crippen molar-refractivity contribution in [2.45, 2.75) is 151 Å². The molecule has 0 aromatic heterocycles. The summed E-state index contributed by atoms with van der Waals surface area (Å²) >= 11 is -1.40. The Morgan fingerprint density at radius 2 is 0.577 bits per heavy atom. The minimum Gasteiger partial charge on any atom is -1.00 e. The summed E-state index contributed by atoms with van der Waals surface area (Å²) in [6, 6.07) is 0. The molecule has 0 aliphatic carbocycles. The summed E-state index contributed by atoms with van der Waals surface area (Å²) in [7, 11) is 0. The van der Waals surface area contributed by atoms with Gasteiger partial charge in [0.1, 0.15) is 0 Å². The second-order valence-electron chi connectivity index (χ2n) is 8.48. The zero-order valence-electron chi connectivity index (χ0n) is 19.0. The molecule has 0 aromatic carbocycles. The molecule has 0 aliphatic rings. The van der Waals surface area contributed by atoms with Crippen LogP contribution < -0.4 is 24.0 Å². The standard InChI is InChI=1S/C24H52As.HI/c1-5-9-13-17-21-25(22-18-14-10-6-2,23-19-15-11-7-3)24-20-16-12-8-4;/h5-24H2,1-4H3;1H/q+1;/p-1. The Bertz CT molecular complexity index is 201. The number of hydrogen-bond donors (Lipinski definition) is 0. The molecule has 0 N–H and O–H groups in total. The van der Waals surface area contributed by atoms with Crippen LogP contribution in [-0.2, 0) is 0 Å². The zero-order valence-corrected chi connectivity index (χ0v) is 23.0. The molecule has 26 heavy (non-hydrogen) atoms. The van der Waals surface area contributed by atoms with E-state index in [-0.39, 0.29) is 24.0 Å². The first kappa shape index (κ1) is 29.5. The summed E-state index contributed by atoms with van der Waals surface area (Å²) in [6.45, 7) is 9.42. The molecule has 0 spiro atoms. The van der Waals surface area contributed by atoms with Crippen LogP contribution in [0.15, 0.2) is 0 Å². The van der Waals surface area contributed by atoms with Crippen LogP contribution >= 0.6 is 0 Å². The summed E-state index contributed by atoms with van der Waals surface area (Å²) in [5.74, 6) is 0. The molecule has 0 rings (SSSR count). The largest absolute Gasteiger partial charge is 1.00 e. The summed E-state index contributed by atoms with van der Waals surface area (Å²) in [4.78, 5) is 0. The van der Waals surface area contributed by atoms with Gasteiger partial charge in [0.15, 0.2) is 0 Å². The smallest absolute Gasteiger partial charge is 1.00 e. The van der Waals surface area contributed by atoms with Crippen LogP contribution in [0.5, 0.6) is 0 Å². The normalized spacial score (nSPS) is 11.5. The average Bonchev–Trinajstić information content (AvgIpc) is 2.63. The number of halogens is 1. The maximum Gasteiger partial charge on any atom is -1.00 e. The summed E-state index contributed by atoms with van der Waals surface area (Å²) in [5, 5.41) is 6.79. The fourth-order valence-corrected chi connectivity index (χ4v) is 14.5. The molecule has 0 bridgehead atoms. The quantitative estimate of drug-likeness (QED) is 0.0906. The minimum atomic E-state index is -1.40. The first-order valence-electron chi connectivity index (χ1n) is 12.1. The number of rotatable bonds is 20. The Morgan fingerprint density at radius 3 is 0.769 bits per heavy atom. The molecule has 0 nitrogen and oxygen atoms in total. The van der Waals surface area contributed by atoms with Crippen LogP contribution in [0.25, 0.3) is 0 Å². The minimum absolute atomic E-state index is 0. The van der Waals surface area contributed by atoms with E-state index in [2.05, 4.69) is 27.7 Å². The topological polar surface area (TPSA) is 0 Å². The van der Waals surface area contributed by atoms with Crippen LogP contribution in [0, 0.1) is 0 Å². The van der Waals surface area contributed by atoms with E-state index in [1.54, 1.807) is 46.5 Å². The van der Waals surface area contributed by atoms with Gasteiger partial charge in [0.2, 0.25) is 0 Å². The van der Waals surface area contributed by atoms with Gasteiger partial charge in [0, 0.05) is 0 Å². The molecule has 0 atom stereocenters. The first-order valence-corrected chi connectivity index (χ1v) is 17.4. The van der Waals surface area contributed by atoms with Crippen LogP contribution in [0.2, 0.25) is 20.8 Å². The van der Waals surface area contributed by atoms with Gasteiger partial charge in [-0.1, -0.05) is 0 Å². The van der Waals surface area contributed by atoms with E-state index in [1.165, 1.54) is 77.0 Å². The van der Waals surface area contributed by atoms with Crippen molar-refractivity contribution in [1.82, 2.24) is 0 Å². The fraction of sp³-hybridized carbons (Fsp3) is 1.00. The Hall–Kier alpha value is 1.29. The van der Waals surface area contributed by atoms with E-state index in [9.17, 15) is 0 Å². The predicted octanol–water partition coefficient (Wildman–Crippen LogP) is 6.76. The van der Waals surface area contributed by atoms with Crippen molar-refractivity contribution in [2.24, 2.45) is 0 Å². The molecule has 0 saturated carbocycles. The van der Waals surface area contributed by atoms with Gasteiger partial charge in [0.05, 0.1) is 0 Å². The van der Waals surface area contributed by atoms with E-state index in [4.69, 9.17) is 0 Å². The molecule has 0 saturated heterocycles. The van der Waals surface area contributed by atoms with Crippen molar-refractivity contribution in [3.05, 3.63) is 0 Å². The molecule has 0 radical (unpaired) electrons. The Balaban J connectivity index is 0. The third-order valence-electron chi connectivity index (χ3n) is 5.94. The van der Waals surface area contributed by atoms with Gasteiger partial charge in [0.25, 0.3) is 0 Å². The second kappa shape index (κ2) is 22.6. The van der Waals surface area contributed by atoms with Crippen molar-refractivity contribution in [3.63, 3.8) is 0 Å². The Labute approximate surface area is 187 Å². The average molecular weight is 543 g/mol. The van der Waals surface area contributed by atoms with Crippen molar-refractivity contribution in [1.29, 1.82) is 0 Å². The Kier molecular flexibility index (Phi) is 25.6. The second-order valence-corrected chi connectivity index (χ2v) is 17.9. The summed E-state index contributed by atoms with van der Waals surface area (Å²) < 4.78 is 0. The molecule has 0 fully saturated rings. The van der Waals surface area contributed by atoms with E-state index < -0.39 is 13.6 Å². The molecule has 0 aromatic rings. The van der Waals surface area contributed by atoms with Gasteiger partial charge in [-0.3, -0.25) is 0 Å². The van der Waals surface area contributed by atoms with Gasteiger partial charge in [-0.2, -0.15) is 0 Å². The van der Waals surface area contributed by atoms with Crippen molar-refractivity contribution >= 4 is 13.6 Å². The van der Waals surface area contributed by atoms with Crippen LogP contribution in [0.1, 0.15) is 130 Å². The van der Waals surface area contributed by atoms with E-state index >= 15 is 0 Å². The molecule has 2 heteroatoms. The maximum absolute atomic E-state index is 2.35. The fourth-order valence-electron chi connectivity index (χ4n) is 4.17. The van der Waals surface area contributed by atoms with Crippen LogP contribution in [0.4, 0.5) is 0 Å². The van der Waals surface area contributed by atoms with E-state index in [1.807, 2.05) is 0 Å². The first-order chi connectivity index (χ1) is 12.2. The molecular weight excluding hydrogens is 490 g/mol. The van der Waals surface area contributed by atoms with Crippen molar-refractivity contribution in [2.75, 3.05) is 0 Å². The monoisotopic (exact) mass is 542 g/mol. The molecule has 0 aliphatic heterocycles. The molecular formula is C24H52AsI. The molecule has 0 amide bonds. The molecule has 160 valence electrons. The van der Waals surface area contributed by atoms with Crippen LogP contribution in [-0.4, -0.2) is 13.6 Å². The maximum atomic E-state index is 2.35. The summed E-state index contributed by atoms with van der Waals surface area (Å²) in [5.41, 5.74) is 0. The van der Waals surface area contributed by atoms with Gasteiger partial charge < -0.3 is 24.0 Å². The van der Waals surface area contributed by atoms with Crippen LogP contribution in [0.3, 0.4) is 0 Å². The van der Waals surface area contributed by atoms with E-state index in [0.717, 1.165) is 0 Å². The van der Waals surface area contributed by atoms with E-state index in [0.29, 0.717) is 0 Å². The Morgan fingerprint density at radius 1 is 0.346 bits per heavy atom. The SMILES string of the molecule is CCCCCC[As+](CCCCCC)(CCCCCC)CCCCCC.[I-].